The summed E-state index contributed by atoms with van der Waals surface area (Å²) >= 11 is 0. The first-order chi connectivity index (χ1) is 8.80. The van der Waals surface area contributed by atoms with Crippen LogP contribution < -0.4 is 10.6 Å². The van der Waals surface area contributed by atoms with Gasteiger partial charge in [0.2, 0.25) is 0 Å². The first-order valence-electron chi connectivity index (χ1n) is 7.24. The van der Waals surface area contributed by atoms with Crippen LogP contribution in [0.25, 0.3) is 0 Å². The first kappa shape index (κ1) is 15.0. The van der Waals surface area contributed by atoms with E-state index >= 15 is 0 Å². The second kappa shape index (κ2) is 8.92. The molecule has 2 N–H and O–H groups in total. The monoisotopic (exact) mass is 249 g/mol. The summed E-state index contributed by atoms with van der Waals surface area (Å²) in [4.78, 5) is 4.65. The van der Waals surface area contributed by atoms with Gasteiger partial charge in [-0.05, 0) is 43.5 Å². The van der Waals surface area contributed by atoms with Gasteiger partial charge in [-0.2, -0.15) is 0 Å². The minimum Gasteiger partial charge on any atom is -0.370 e. The fraction of sp³-hybridized carbons (Fsp3) is 0.667. The van der Waals surface area contributed by atoms with Crippen molar-refractivity contribution in [3.05, 3.63) is 23.4 Å². The Kier molecular flexibility index (Phi) is 7.42. The van der Waals surface area contributed by atoms with E-state index in [1.54, 1.807) is 0 Å². The predicted octanol–water partition coefficient (Wildman–Crippen LogP) is 3.36. The summed E-state index contributed by atoms with van der Waals surface area (Å²) in [5.74, 6) is 1.02. The highest BCUT2D eigenvalue weighted by molar-refractivity contribution is 5.39. The van der Waals surface area contributed by atoms with Crippen LogP contribution >= 0.6 is 0 Å². The van der Waals surface area contributed by atoms with Crippen molar-refractivity contribution >= 4 is 5.82 Å². The standard InChI is InChI=1S/C15H27N3/c1-4-7-14-10-13(12-16-8-5-2)11-15(18-14)17-9-6-3/h10-11,16H,4-9,12H2,1-3H3,(H,17,18). The van der Waals surface area contributed by atoms with E-state index in [0.29, 0.717) is 0 Å². The molecule has 1 rings (SSSR count). The highest BCUT2D eigenvalue weighted by Crippen LogP contribution is 2.12. The summed E-state index contributed by atoms with van der Waals surface area (Å²) in [5, 5.41) is 6.83. The average Bonchev–Trinajstić information content (AvgIpc) is 2.37. The normalized spacial score (nSPS) is 10.6. The number of nitrogens with one attached hydrogen (secondary N) is 2. The third-order valence-electron chi connectivity index (χ3n) is 2.76. The first-order valence-corrected chi connectivity index (χ1v) is 7.24. The van der Waals surface area contributed by atoms with Crippen LogP contribution in [0.15, 0.2) is 12.1 Å². The molecule has 0 aliphatic rings. The molecule has 0 radical (unpaired) electrons. The van der Waals surface area contributed by atoms with Crippen molar-refractivity contribution in [1.29, 1.82) is 0 Å². The molecule has 0 amide bonds. The van der Waals surface area contributed by atoms with Gasteiger partial charge in [-0.1, -0.05) is 27.2 Å². The Balaban J connectivity index is 2.70. The summed E-state index contributed by atoms with van der Waals surface area (Å²) in [6.45, 7) is 9.56. The number of pyridine rings is 1. The van der Waals surface area contributed by atoms with Crippen molar-refractivity contribution in [3.63, 3.8) is 0 Å². The van der Waals surface area contributed by atoms with Crippen LogP contribution in [0.2, 0.25) is 0 Å². The van der Waals surface area contributed by atoms with Gasteiger partial charge in [0.05, 0.1) is 0 Å². The topological polar surface area (TPSA) is 37.0 Å². The Morgan fingerprint density at radius 2 is 1.78 bits per heavy atom. The van der Waals surface area contributed by atoms with Gasteiger partial charge in [-0.3, -0.25) is 0 Å². The summed E-state index contributed by atoms with van der Waals surface area (Å²) < 4.78 is 0. The van der Waals surface area contributed by atoms with Crippen LogP contribution in [0.3, 0.4) is 0 Å². The van der Waals surface area contributed by atoms with Gasteiger partial charge in [0.25, 0.3) is 0 Å². The molecule has 0 fully saturated rings. The van der Waals surface area contributed by atoms with Crippen molar-refractivity contribution in [2.24, 2.45) is 0 Å². The van der Waals surface area contributed by atoms with Crippen molar-refractivity contribution in [2.45, 2.75) is 53.0 Å². The Labute approximate surface area is 111 Å². The van der Waals surface area contributed by atoms with E-state index in [2.05, 4.69) is 48.5 Å². The zero-order chi connectivity index (χ0) is 13.2. The molecule has 0 saturated carbocycles. The fourth-order valence-corrected chi connectivity index (χ4v) is 1.89. The fourth-order valence-electron chi connectivity index (χ4n) is 1.89. The minimum absolute atomic E-state index is 0.938. The second-order valence-corrected chi connectivity index (χ2v) is 4.71. The quantitative estimate of drug-likeness (QED) is 0.659. The molecular formula is C15H27N3. The van der Waals surface area contributed by atoms with Gasteiger partial charge < -0.3 is 10.6 Å². The summed E-state index contributed by atoms with van der Waals surface area (Å²) in [6, 6.07) is 4.39. The molecule has 0 saturated heterocycles. The molecule has 1 heterocycles. The molecule has 3 nitrogen and oxygen atoms in total. The number of hydrogen-bond donors (Lipinski definition) is 2. The summed E-state index contributed by atoms with van der Waals surface area (Å²) in [5.41, 5.74) is 2.53. The van der Waals surface area contributed by atoms with Crippen molar-refractivity contribution in [2.75, 3.05) is 18.4 Å². The number of nitrogens with zero attached hydrogens (tertiary/aromatic N) is 1. The highest BCUT2D eigenvalue weighted by atomic mass is 15.0. The molecule has 0 atom stereocenters. The van der Waals surface area contributed by atoms with Crippen molar-refractivity contribution < 1.29 is 0 Å². The molecule has 0 aliphatic carbocycles. The maximum absolute atomic E-state index is 4.65. The van der Waals surface area contributed by atoms with Gasteiger partial charge in [-0.25, -0.2) is 4.98 Å². The lowest BCUT2D eigenvalue weighted by Gasteiger charge is -2.10. The van der Waals surface area contributed by atoms with Gasteiger partial charge in [0.15, 0.2) is 0 Å². The molecule has 18 heavy (non-hydrogen) atoms. The molecule has 102 valence electrons. The third kappa shape index (κ3) is 5.50. The lowest BCUT2D eigenvalue weighted by molar-refractivity contribution is 0.673. The van der Waals surface area contributed by atoms with E-state index in [4.69, 9.17) is 0 Å². The summed E-state index contributed by atoms with van der Waals surface area (Å²) in [7, 11) is 0. The maximum atomic E-state index is 4.65. The largest absolute Gasteiger partial charge is 0.370 e. The Morgan fingerprint density at radius 3 is 2.44 bits per heavy atom. The van der Waals surface area contributed by atoms with Gasteiger partial charge >= 0.3 is 0 Å². The van der Waals surface area contributed by atoms with E-state index in [9.17, 15) is 0 Å². The number of rotatable bonds is 9. The van der Waals surface area contributed by atoms with Crippen molar-refractivity contribution in [1.82, 2.24) is 10.3 Å². The van der Waals surface area contributed by atoms with Crippen LogP contribution in [0.5, 0.6) is 0 Å². The van der Waals surface area contributed by atoms with E-state index in [1.165, 1.54) is 17.7 Å². The average molecular weight is 249 g/mol. The van der Waals surface area contributed by atoms with E-state index in [0.717, 1.165) is 44.7 Å². The molecule has 0 aromatic carbocycles. The van der Waals surface area contributed by atoms with E-state index in [-0.39, 0.29) is 0 Å². The van der Waals surface area contributed by atoms with Crippen LogP contribution in [0, 0.1) is 0 Å². The molecule has 0 aliphatic heterocycles. The third-order valence-corrected chi connectivity index (χ3v) is 2.76. The highest BCUT2D eigenvalue weighted by Gasteiger charge is 2.02. The number of aryl methyl sites for hydroxylation is 1. The molecule has 0 spiro atoms. The zero-order valence-corrected chi connectivity index (χ0v) is 12.1. The van der Waals surface area contributed by atoms with Gasteiger partial charge in [-0.15, -0.1) is 0 Å². The second-order valence-electron chi connectivity index (χ2n) is 4.71. The number of hydrogen-bond acceptors (Lipinski definition) is 3. The van der Waals surface area contributed by atoms with Gasteiger partial charge in [0.1, 0.15) is 5.82 Å². The minimum atomic E-state index is 0.938. The van der Waals surface area contributed by atoms with E-state index in [1.807, 2.05) is 0 Å². The number of aromatic nitrogens is 1. The lowest BCUT2D eigenvalue weighted by Crippen LogP contribution is -2.15. The Hall–Kier alpha value is -1.09. The van der Waals surface area contributed by atoms with E-state index < -0.39 is 0 Å². The summed E-state index contributed by atoms with van der Waals surface area (Å²) in [6.07, 6.45) is 4.51. The van der Waals surface area contributed by atoms with Crippen LogP contribution in [-0.4, -0.2) is 18.1 Å². The maximum Gasteiger partial charge on any atom is 0.126 e. The smallest absolute Gasteiger partial charge is 0.126 e. The molecular weight excluding hydrogens is 222 g/mol. The molecule has 0 unspecified atom stereocenters. The lowest BCUT2D eigenvalue weighted by atomic mass is 10.1. The molecule has 3 heteroatoms. The van der Waals surface area contributed by atoms with Gasteiger partial charge in [0, 0.05) is 18.8 Å². The SMILES string of the molecule is CCCNCc1cc(CCC)nc(NCCC)c1. The molecule has 0 bridgehead atoms. The number of anilines is 1. The van der Waals surface area contributed by atoms with Crippen LogP contribution in [0.1, 0.15) is 51.3 Å². The predicted molar refractivity (Wildman–Crippen MR) is 79.0 cm³/mol. The zero-order valence-electron chi connectivity index (χ0n) is 12.1. The molecule has 1 aromatic rings. The van der Waals surface area contributed by atoms with Crippen LogP contribution in [-0.2, 0) is 13.0 Å². The van der Waals surface area contributed by atoms with Crippen LogP contribution in [0.4, 0.5) is 5.82 Å². The Bertz CT molecular complexity index is 337. The Morgan fingerprint density at radius 1 is 1.00 bits per heavy atom. The van der Waals surface area contributed by atoms with Crippen molar-refractivity contribution in [3.8, 4) is 0 Å². The molecule has 1 aromatic heterocycles.